The molecule has 0 aliphatic carbocycles. The molecule has 0 amide bonds. The van der Waals surface area contributed by atoms with Gasteiger partial charge in [0.15, 0.2) is 0 Å². The van der Waals surface area contributed by atoms with Gasteiger partial charge in [0, 0.05) is 12.2 Å². The van der Waals surface area contributed by atoms with Gasteiger partial charge in [0.1, 0.15) is 6.20 Å². The molecular formula is C12H19N2. The highest BCUT2D eigenvalue weighted by Gasteiger charge is 2.05. The first kappa shape index (κ1) is 11.0. The lowest BCUT2D eigenvalue weighted by atomic mass is 10.1. The Hall–Kier alpha value is -1.05. The molecule has 1 aromatic heterocycles. The number of pyridine rings is 1. The Kier molecular flexibility index (Phi) is 5.05. The highest BCUT2D eigenvalue weighted by molar-refractivity contribution is 5.39. The topological polar surface area (TPSA) is 24.9 Å². The molecule has 1 N–H and O–H groups in total. The van der Waals surface area contributed by atoms with Crippen LogP contribution in [0, 0.1) is 6.20 Å². The molecule has 0 saturated carbocycles. The van der Waals surface area contributed by atoms with Gasteiger partial charge in [-0.25, -0.2) is 0 Å². The van der Waals surface area contributed by atoms with Gasteiger partial charge in [-0.1, -0.05) is 26.7 Å². The maximum Gasteiger partial charge on any atom is 0.114 e. The summed E-state index contributed by atoms with van der Waals surface area (Å²) in [4.78, 5) is 3.97. The molecule has 1 aromatic rings. The molecule has 0 spiro atoms. The summed E-state index contributed by atoms with van der Waals surface area (Å²) in [6.07, 6.45) is 9.58. The number of nitrogens with one attached hydrogen (secondary N) is 1. The minimum atomic E-state index is 0.574. The number of hydrogen-bond acceptors (Lipinski definition) is 2. The van der Waals surface area contributed by atoms with Crippen LogP contribution in [-0.4, -0.2) is 11.0 Å². The van der Waals surface area contributed by atoms with Crippen LogP contribution in [0.2, 0.25) is 0 Å². The number of nitrogens with zero attached hydrogens (tertiary/aromatic N) is 1. The molecule has 0 atom stereocenters. The Labute approximate surface area is 86.8 Å². The van der Waals surface area contributed by atoms with Gasteiger partial charge in [-0.15, -0.1) is 0 Å². The van der Waals surface area contributed by atoms with Gasteiger partial charge in [0.25, 0.3) is 0 Å². The van der Waals surface area contributed by atoms with Crippen molar-refractivity contribution >= 4 is 5.69 Å². The van der Waals surface area contributed by atoms with E-state index in [4.69, 9.17) is 0 Å². The highest BCUT2D eigenvalue weighted by Crippen LogP contribution is 2.12. The normalized spacial score (nSPS) is 10.5. The van der Waals surface area contributed by atoms with E-state index in [0.29, 0.717) is 6.04 Å². The fraction of sp³-hybridized carbons (Fsp3) is 0.583. The molecule has 0 unspecified atom stereocenters. The summed E-state index contributed by atoms with van der Waals surface area (Å²) in [6, 6.07) is 4.53. The Balaban J connectivity index is 2.46. The first-order valence-corrected chi connectivity index (χ1v) is 5.46. The summed E-state index contributed by atoms with van der Waals surface area (Å²) in [5.74, 6) is 0. The van der Waals surface area contributed by atoms with E-state index in [1.54, 1.807) is 6.20 Å². The smallest absolute Gasteiger partial charge is 0.114 e. The van der Waals surface area contributed by atoms with Gasteiger partial charge in [-0.2, -0.15) is 0 Å². The molecular weight excluding hydrogens is 172 g/mol. The van der Waals surface area contributed by atoms with Crippen molar-refractivity contribution in [3.05, 3.63) is 24.5 Å². The van der Waals surface area contributed by atoms with Crippen LogP contribution in [0.25, 0.3) is 0 Å². The average Bonchev–Trinajstić information content (AvgIpc) is 2.20. The zero-order chi connectivity index (χ0) is 10.2. The SMILES string of the molecule is CCCC(CCC)Nc1[c]nccc1. The van der Waals surface area contributed by atoms with Gasteiger partial charge in [-0.05, 0) is 25.0 Å². The molecule has 1 rings (SSSR count). The lowest BCUT2D eigenvalue weighted by molar-refractivity contribution is 0.586. The second-order valence-electron chi connectivity index (χ2n) is 3.58. The van der Waals surface area contributed by atoms with Crippen LogP contribution >= 0.6 is 0 Å². The van der Waals surface area contributed by atoms with Crippen LogP contribution in [0.15, 0.2) is 18.3 Å². The summed E-state index contributed by atoms with van der Waals surface area (Å²) in [5, 5.41) is 3.46. The number of aromatic nitrogens is 1. The number of hydrogen-bond donors (Lipinski definition) is 1. The Morgan fingerprint density at radius 1 is 1.36 bits per heavy atom. The second-order valence-corrected chi connectivity index (χ2v) is 3.58. The van der Waals surface area contributed by atoms with Gasteiger partial charge in [0.2, 0.25) is 0 Å². The molecule has 0 aliphatic rings. The van der Waals surface area contributed by atoms with Crippen molar-refractivity contribution in [1.82, 2.24) is 4.98 Å². The molecule has 0 aliphatic heterocycles. The molecule has 2 heteroatoms. The lowest BCUT2D eigenvalue weighted by Gasteiger charge is -2.17. The van der Waals surface area contributed by atoms with Crippen molar-refractivity contribution in [1.29, 1.82) is 0 Å². The zero-order valence-corrected chi connectivity index (χ0v) is 9.09. The first-order valence-electron chi connectivity index (χ1n) is 5.46. The van der Waals surface area contributed by atoms with Crippen molar-refractivity contribution in [3.8, 4) is 0 Å². The Morgan fingerprint density at radius 3 is 2.57 bits per heavy atom. The summed E-state index contributed by atoms with van der Waals surface area (Å²) >= 11 is 0. The largest absolute Gasteiger partial charge is 0.381 e. The molecule has 14 heavy (non-hydrogen) atoms. The maximum absolute atomic E-state index is 3.97. The zero-order valence-electron chi connectivity index (χ0n) is 9.09. The van der Waals surface area contributed by atoms with Crippen molar-refractivity contribution in [2.45, 2.75) is 45.6 Å². The Bertz CT molecular complexity index is 227. The van der Waals surface area contributed by atoms with Crippen LogP contribution in [0.5, 0.6) is 0 Å². The fourth-order valence-electron chi connectivity index (χ4n) is 1.61. The summed E-state index contributed by atoms with van der Waals surface area (Å²) in [6.45, 7) is 4.44. The van der Waals surface area contributed by atoms with E-state index >= 15 is 0 Å². The molecule has 0 aromatic carbocycles. The summed E-state index contributed by atoms with van der Waals surface area (Å²) in [7, 11) is 0. The van der Waals surface area contributed by atoms with E-state index in [-0.39, 0.29) is 0 Å². The van der Waals surface area contributed by atoms with Gasteiger partial charge >= 0.3 is 0 Å². The molecule has 77 valence electrons. The standard InChI is InChI=1S/C12H19N2/c1-3-6-11(7-4-2)14-12-8-5-9-13-10-12/h5,8-9,11,14H,3-4,6-7H2,1-2H3. The second kappa shape index (κ2) is 6.41. The van der Waals surface area contributed by atoms with Crippen LogP contribution in [0.4, 0.5) is 5.69 Å². The monoisotopic (exact) mass is 191 g/mol. The molecule has 0 fully saturated rings. The van der Waals surface area contributed by atoms with E-state index in [1.165, 1.54) is 25.7 Å². The lowest BCUT2D eigenvalue weighted by Crippen LogP contribution is -2.18. The maximum atomic E-state index is 3.97. The quantitative estimate of drug-likeness (QED) is 0.746. The third kappa shape index (κ3) is 3.77. The van der Waals surface area contributed by atoms with Crippen LogP contribution in [0.3, 0.4) is 0 Å². The van der Waals surface area contributed by atoms with Crippen molar-refractivity contribution in [3.63, 3.8) is 0 Å². The van der Waals surface area contributed by atoms with Crippen molar-refractivity contribution < 1.29 is 0 Å². The minimum Gasteiger partial charge on any atom is -0.381 e. The Morgan fingerprint density at radius 2 is 2.07 bits per heavy atom. The van der Waals surface area contributed by atoms with E-state index in [1.807, 2.05) is 12.1 Å². The highest BCUT2D eigenvalue weighted by atomic mass is 14.9. The molecule has 2 nitrogen and oxygen atoms in total. The average molecular weight is 191 g/mol. The molecule has 1 heterocycles. The van der Waals surface area contributed by atoms with E-state index < -0.39 is 0 Å². The van der Waals surface area contributed by atoms with Crippen molar-refractivity contribution in [2.24, 2.45) is 0 Å². The molecule has 0 saturated heterocycles. The van der Waals surface area contributed by atoms with Gasteiger partial charge in [-0.3, -0.25) is 4.98 Å². The molecule has 0 bridgehead atoms. The summed E-state index contributed by atoms with van der Waals surface area (Å²) in [5.41, 5.74) is 1.01. The fourth-order valence-corrected chi connectivity index (χ4v) is 1.61. The number of anilines is 1. The van der Waals surface area contributed by atoms with Crippen LogP contribution in [0.1, 0.15) is 39.5 Å². The predicted molar refractivity (Wildman–Crippen MR) is 60.3 cm³/mol. The van der Waals surface area contributed by atoms with E-state index in [0.717, 1.165) is 5.69 Å². The van der Waals surface area contributed by atoms with Crippen LogP contribution < -0.4 is 5.32 Å². The summed E-state index contributed by atoms with van der Waals surface area (Å²) < 4.78 is 0. The number of rotatable bonds is 6. The van der Waals surface area contributed by atoms with E-state index in [9.17, 15) is 0 Å². The van der Waals surface area contributed by atoms with Crippen LogP contribution in [-0.2, 0) is 0 Å². The van der Waals surface area contributed by atoms with E-state index in [2.05, 4.69) is 30.3 Å². The molecule has 1 radical (unpaired) electrons. The third-order valence-electron chi connectivity index (χ3n) is 2.24. The van der Waals surface area contributed by atoms with Gasteiger partial charge in [0.05, 0.1) is 5.69 Å². The first-order chi connectivity index (χ1) is 6.86. The third-order valence-corrected chi connectivity index (χ3v) is 2.24. The van der Waals surface area contributed by atoms with Crippen molar-refractivity contribution in [2.75, 3.05) is 5.32 Å². The minimum absolute atomic E-state index is 0.574. The predicted octanol–water partition coefficient (Wildman–Crippen LogP) is 3.26. The van der Waals surface area contributed by atoms with Gasteiger partial charge < -0.3 is 5.32 Å².